The van der Waals surface area contributed by atoms with Gasteiger partial charge in [-0.3, -0.25) is 0 Å². The average molecular weight is 286 g/mol. The molecule has 0 aromatic rings. The van der Waals surface area contributed by atoms with Gasteiger partial charge in [-0.15, -0.1) is 0 Å². The Morgan fingerprint density at radius 3 is 2.60 bits per heavy atom. The van der Waals surface area contributed by atoms with E-state index in [-0.39, 0.29) is 0 Å². The Hall–Kier alpha value is -0.160. The fourth-order valence-corrected chi connectivity index (χ4v) is 2.95. The average Bonchev–Trinajstić information content (AvgIpc) is 2.39. The van der Waals surface area contributed by atoms with Crippen LogP contribution in [0.15, 0.2) is 0 Å². The molecule has 20 heavy (non-hydrogen) atoms. The SMILES string of the molecule is COCCCN(C)CC1(CNCC(C)C)CCOCC1. The molecule has 1 fully saturated rings. The number of ether oxygens (including phenoxy) is 2. The summed E-state index contributed by atoms with van der Waals surface area (Å²) >= 11 is 0. The molecule has 1 N–H and O–H groups in total. The number of rotatable bonds is 10. The van der Waals surface area contributed by atoms with Gasteiger partial charge in [0.15, 0.2) is 0 Å². The van der Waals surface area contributed by atoms with Crippen molar-refractivity contribution < 1.29 is 9.47 Å². The molecule has 0 radical (unpaired) electrons. The van der Waals surface area contributed by atoms with Gasteiger partial charge in [0.2, 0.25) is 0 Å². The lowest BCUT2D eigenvalue weighted by Gasteiger charge is -2.40. The van der Waals surface area contributed by atoms with Crippen LogP contribution >= 0.6 is 0 Å². The van der Waals surface area contributed by atoms with E-state index in [0.717, 1.165) is 52.4 Å². The number of hydrogen-bond donors (Lipinski definition) is 1. The number of hydrogen-bond acceptors (Lipinski definition) is 4. The molecule has 0 unspecified atom stereocenters. The molecular formula is C16H34N2O2. The Morgan fingerprint density at radius 1 is 1.30 bits per heavy atom. The minimum absolute atomic E-state index is 0.384. The van der Waals surface area contributed by atoms with Crippen molar-refractivity contribution in [2.75, 3.05) is 60.2 Å². The molecule has 1 saturated heterocycles. The summed E-state index contributed by atoms with van der Waals surface area (Å²) in [4.78, 5) is 2.46. The molecule has 1 heterocycles. The van der Waals surface area contributed by atoms with Gasteiger partial charge < -0.3 is 19.7 Å². The maximum absolute atomic E-state index is 5.57. The zero-order chi connectivity index (χ0) is 14.8. The van der Waals surface area contributed by atoms with Crippen molar-refractivity contribution in [3.05, 3.63) is 0 Å². The van der Waals surface area contributed by atoms with Crippen molar-refractivity contribution in [1.29, 1.82) is 0 Å². The van der Waals surface area contributed by atoms with Crippen molar-refractivity contribution in [1.82, 2.24) is 10.2 Å². The largest absolute Gasteiger partial charge is 0.385 e. The van der Waals surface area contributed by atoms with Crippen LogP contribution in [0.5, 0.6) is 0 Å². The Labute approximate surface area is 125 Å². The molecule has 0 aromatic heterocycles. The van der Waals surface area contributed by atoms with Gasteiger partial charge in [0.25, 0.3) is 0 Å². The van der Waals surface area contributed by atoms with Gasteiger partial charge in [0.1, 0.15) is 0 Å². The quantitative estimate of drug-likeness (QED) is 0.623. The summed E-state index contributed by atoms with van der Waals surface area (Å²) in [5.41, 5.74) is 0.384. The Morgan fingerprint density at radius 2 is 2.00 bits per heavy atom. The zero-order valence-electron chi connectivity index (χ0n) is 13.9. The fraction of sp³-hybridized carbons (Fsp3) is 1.00. The number of methoxy groups -OCH3 is 1. The lowest BCUT2D eigenvalue weighted by molar-refractivity contribution is -0.00159. The lowest BCUT2D eigenvalue weighted by atomic mass is 9.79. The van der Waals surface area contributed by atoms with E-state index in [9.17, 15) is 0 Å². The second-order valence-corrected chi connectivity index (χ2v) is 6.72. The normalized spacial score (nSPS) is 18.9. The predicted molar refractivity (Wildman–Crippen MR) is 84.2 cm³/mol. The topological polar surface area (TPSA) is 33.7 Å². The van der Waals surface area contributed by atoms with E-state index < -0.39 is 0 Å². The Bertz CT molecular complexity index is 241. The maximum Gasteiger partial charge on any atom is 0.0474 e. The molecule has 1 rings (SSSR count). The summed E-state index contributed by atoms with van der Waals surface area (Å²) < 4.78 is 10.7. The highest BCUT2D eigenvalue weighted by molar-refractivity contribution is 4.86. The van der Waals surface area contributed by atoms with Gasteiger partial charge in [0, 0.05) is 46.6 Å². The molecule has 1 aliphatic heterocycles. The second kappa shape index (κ2) is 9.72. The molecule has 0 atom stereocenters. The summed E-state index contributed by atoms with van der Waals surface area (Å²) in [5.74, 6) is 0.714. The van der Waals surface area contributed by atoms with Gasteiger partial charge in [-0.05, 0) is 44.2 Å². The monoisotopic (exact) mass is 286 g/mol. The van der Waals surface area contributed by atoms with Crippen LogP contribution in [-0.4, -0.2) is 65.1 Å². The van der Waals surface area contributed by atoms with E-state index in [0.29, 0.717) is 11.3 Å². The van der Waals surface area contributed by atoms with E-state index >= 15 is 0 Å². The van der Waals surface area contributed by atoms with Crippen LogP contribution < -0.4 is 5.32 Å². The molecule has 0 spiro atoms. The third kappa shape index (κ3) is 7.02. The first-order chi connectivity index (χ1) is 9.58. The van der Waals surface area contributed by atoms with Gasteiger partial charge in [-0.25, -0.2) is 0 Å². The first-order valence-electron chi connectivity index (χ1n) is 8.04. The fourth-order valence-electron chi connectivity index (χ4n) is 2.95. The molecule has 0 saturated carbocycles. The highest BCUT2D eigenvalue weighted by Crippen LogP contribution is 2.30. The highest BCUT2D eigenvalue weighted by Gasteiger charge is 2.33. The van der Waals surface area contributed by atoms with Crippen molar-refractivity contribution in [3.63, 3.8) is 0 Å². The van der Waals surface area contributed by atoms with Crippen molar-refractivity contribution in [2.45, 2.75) is 33.1 Å². The Balaban J connectivity index is 2.41. The van der Waals surface area contributed by atoms with Crippen LogP contribution in [-0.2, 0) is 9.47 Å². The lowest BCUT2D eigenvalue weighted by Crippen LogP contribution is -2.47. The van der Waals surface area contributed by atoms with E-state index in [2.05, 4.69) is 31.1 Å². The van der Waals surface area contributed by atoms with Crippen LogP contribution in [0, 0.1) is 11.3 Å². The molecule has 120 valence electrons. The molecule has 0 aromatic carbocycles. The number of nitrogens with one attached hydrogen (secondary N) is 1. The van der Waals surface area contributed by atoms with Gasteiger partial charge >= 0.3 is 0 Å². The zero-order valence-corrected chi connectivity index (χ0v) is 13.9. The van der Waals surface area contributed by atoms with Crippen LogP contribution in [0.2, 0.25) is 0 Å². The van der Waals surface area contributed by atoms with Crippen LogP contribution in [0.4, 0.5) is 0 Å². The summed E-state index contributed by atoms with van der Waals surface area (Å²) in [7, 11) is 4.01. The summed E-state index contributed by atoms with van der Waals surface area (Å²) in [6.45, 7) is 11.7. The van der Waals surface area contributed by atoms with E-state index in [4.69, 9.17) is 9.47 Å². The molecule has 0 aliphatic carbocycles. The minimum atomic E-state index is 0.384. The van der Waals surface area contributed by atoms with E-state index in [1.165, 1.54) is 12.8 Å². The predicted octanol–water partition coefficient (Wildman–Crippen LogP) is 2.00. The first-order valence-corrected chi connectivity index (χ1v) is 8.04. The number of nitrogens with zero attached hydrogens (tertiary/aromatic N) is 1. The first kappa shape index (κ1) is 17.9. The van der Waals surface area contributed by atoms with E-state index in [1.54, 1.807) is 7.11 Å². The summed E-state index contributed by atoms with van der Waals surface area (Å²) in [5, 5.41) is 3.66. The van der Waals surface area contributed by atoms with Crippen LogP contribution in [0.1, 0.15) is 33.1 Å². The third-order valence-corrected chi connectivity index (χ3v) is 4.10. The summed E-state index contributed by atoms with van der Waals surface area (Å²) in [6, 6.07) is 0. The minimum Gasteiger partial charge on any atom is -0.385 e. The molecule has 0 bridgehead atoms. The molecule has 4 heteroatoms. The van der Waals surface area contributed by atoms with Crippen molar-refractivity contribution in [3.8, 4) is 0 Å². The van der Waals surface area contributed by atoms with Crippen LogP contribution in [0.25, 0.3) is 0 Å². The maximum atomic E-state index is 5.57. The molecular weight excluding hydrogens is 252 g/mol. The van der Waals surface area contributed by atoms with Crippen LogP contribution in [0.3, 0.4) is 0 Å². The third-order valence-electron chi connectivity index (χ3n) is 4.10. The van der Waals surface area contributed by atoms with Gasteiger partial charge in [0.05, 0.1) is 0 Å². The van der Waals surface area contributed by atoms with Gasteiger partial charge in [-0.1, -0.05) is 13.8 Å². The molecule has 4 nitrogen and oxygen atoms in total. The Kier molecular flexibility index (Phi) is 8.69. The summed E-state index contributed by atoms with van der Waals surface area (Å²) in [6.07, 6.45) is 3.46. The molecule has 0 amide bonds. The standard InChI is InChI=1S/C16H34N2O2/c1-15(2)12-17-13-16(6-10-20-11-7-16)14-18(3)8-5-9-19-4/h15,17H,5-14H2,1-4H3. The van der Waals surface area contributed by atoms with E-state index in [1.807, 2.05) is 0 Å². The van der Waals surface area contributed by atoms with Gasteiger partial charge in [-0.2, -0.15) is 0 Å². The highest BCUT2D eigenvalue weighted by atomic mass is 16.5. The van der Waals surface area contributed by atoms with Crippen molar-refractivity contribution in [2.24, 2.45) is 11.3 Å². The van der Waals surface area contributed by atoms with Crippen molar-refractivity contribution >= 4 is 0 Å². The smallest absolute Gasteiger partial charge is 0.0474 e. The second-order valence-electron chi connectivity index (χ2n) is 6.72. The molecule has 1 aliphatic rings.